The Hall–Kier alpha value is -3.89. The highest BCUT2D eigenvalue weighted by Crippen LogP contribution is 2.26. The normalized spacial score (nSPS) is 14.1. The van der Waals surface area contributed by atoms with Gasteiger partial charge in [-0.15, -0.1) is 0 Å². The van der Waals surface area contributed by atoms with Gasteiger partial charge >= 0.3 is 0 Å². The van der Waals surface area contributed by atoms with E-state index in [1.54, 1.807) is 24.3 Å². The number of nitrogens with one attached hydrogen (secondary N) is 2. The first kappa shape index (κ1) is 21.9. The number of aromatic nitrogens is 3. The maximum absolute atomic E-state index is 12.9. The fraction of sp³-hybridized carbons (Fsp3) is 0.208. The third-order valence-electron chi connectivity index (χ3n) is 5.59. The van der Waals surface area contributed by atoms with Crippen molar-refractivity contribution >= 4 is 44.3 Å². The molecule has 4 aromatic rings. The molecule has 9 nitrogen and oxygen atoms in total. The minimum absolute atomic E-state index is 0.00884. The molecule has 2 aromatic heterocycles. The van der Waals surface area contributed by atoms with Crippen molar-refractivity contribution < 1.29 is 9.59 Å². The van der Waals surface area contributed by atoms with Crippen LogP contribution in [0.1, 0.15) is 27.3 Å². The van der Waals surface area contributed by atoms with Gasteiger partial charge in [0.25, 0.3) is 11.8 Å². The topological polar surface area (TPSA) is 126 Å². The molecule has 5 rings (SSSR count). The van der Waals surface area contributed by atoms with Crippen LogP contribution in [0.5, 0.6) is 0 Å². The van der Waals surface area contributed by atoms with Crippen molar-refractivity contribution in [1.82, 2.24) is 25.2 Å². The van der Waals surface area contributed by atoms with Gasteiger partial charge in [-0.3, -0.25) is 14.9 Å². The molecule has 1 fully saturated rings. The number of para-hydroxylation sites is 1. The first-order chi connectivity index (χ1) is 16.6. The van der Waals surface area contributed by atoms with Crippen LogP contribution in [0.25, 0.3) is 21.5 Å². The van der Waals surface area contributed by atoms with Crippen molar-refractivity contribution in [3.8, 4) is 11.3 Å². The third-order valence-corrected chi connectivity index (χ3v) is 6.54. The predicted octanol–water partition coefficient (Wildman–Crippen LogP) is 3.02. The number of hydrogen-bond donors (Lipinski definition) is 3. The number of nitrogens with zero attached hydrogens (tertiary/aromatic N) is 4. The van der Waals surface area contributed by atoms with Crippen LogP contribution in [0.4, 0.5) is 10.9 Å². The number of hydrogen-bond acceptors (Lipinski definition) is 8. The average molecular weight is 474 g/mol. The smallest absolute Gasteiger partial charge is 0.279 e. The molecule has 10 heteroatoms. The van der Waals surface area contributed by atoms with Gasteiger partial charge in [-0.25, -0.2) is 15.0 Å². The van der Waals surface area contributed by atoms with Gasteiger partial charge in [0.2, 0.25) is 0 Å². The molecule has 0 aliphatic carbocycles. The summed E-state index contributed by atoms with van der Waals surface area (Å²) < 4.78 is 0.969. The van der Waals surface area contributed by atoms with E-state index < -0.39 is 5.91 Å². The van der Waals surface area contributed by atoms with Crippen molar-refractivity contribution in [1.29, 1.82) is 0 Å². The van der Waals surface area contributed by atoms with Crippen molar-refractivity contribution in [2.75, 3.05) is 37.2 Å². The van der Waals surface area contributed by atoms with Crippen molar-refractivity contribution in [3.05, 3.63) is 66.0 Å². The van der Waals surface area contributed by atoms with Gasteiger partial charge in [0, 0.05) is 30.8 Å². The number of anilines is 2. The number of nitrogens with two attached hydrogens (primary N) is 1. The SMILES string of the molecule is Nc1ncc(-c2ccc(C(=O)N3CCCNCC3)cc2)nc1C(=O)Nc1nc2ccccc2s1. The molecular formula is C24H23N7O2S. The van der Waals surface area contributed by atoms with E-state index in [9.17, 15) is 9.59 Å². The molecule has 2 aromatic carbocycles. The van der Waals surface area contributed by atoms with E-state index in [1.165, 1.54) is 17.5 Å². The Balaban J connectivity index is 1.34. The summed E-state index contributed by atoms with van der Waals surface area (Å²) in [4.78, 5) is 40.6. The molecule has 0 unspecified atom stereocenters. The van der Waals surface area contributed by atoms with E-state index in [4.69, 9.17) is 5.73 Å². The quantitative estimate of drug-likeness (QED) is 0.416. The van der Waals surface area contributed by atoms with Gasteiger partial charge in [0.05, 0.1) is 22.1 Å². The summed E-state index contributed by atoms with van der Waals surface area (Å²) >= 11 is 1.37. The molecule has 3 heterocycles. The first-order valence-electron chi connectivity index (χ1n) is 11.0. The fourth-order valence-electron chi connectivity index (χ4n) is 3.80. The van der Waals surface area contributed by atoms with Crippen LogP contribution >= 0.6 is 11.3 Å². The lowest BCUT2D eigenvalue weighted by Gasteiger charge is -2.20. The zero-order valence-corrected chi connectivity index (χ0v) is 19.1. The lowest BCUT2D eigenvalue weighted by atomic mass is 10.1. The van der Waals surface area contributed by atoms with Crippen molar-refractivity contribution in [3.63, 3.8) is 0 Å². The molecular weight excluding hydrogens is 450 g/mol. The van der Waals surface area contributed by atoms with Crippen molar-refractivity contribution in [2.45, 2.75) is 6.42 Å². The van der Waals surface area contributed by atoms with Gasteiger partial charge < -0.3 is 16.0 Å². The highest BCUT2D eigenvalue weighted by atomic mass is 32.1. The molecule has 0 spiro atoms. The standard InChI is InChI=1S/C24H23N7O2S/c25-21-20(22(32)30-24-29-17-4-1-2-5-19(17)34-24)28-18(14-27-21)15-6-8-16(9-7-15)23(33)31-12-3-10-26-11-13-31/h1-2,4-9,14,26H,3,10-13H2,(H2,25,27)(H,29,30,32). The highest BCUT2D eigenvalue weighted by molar-refractivity contribution is 7.22. The van der Waals surface area contributed by atoms with Gasteiger partial charge in [-0.2, -0.15) is 0 Å². The summed E-state index contributed by atoms with van der Waals surface area (Å²) in [6.07, 6.45) is 2.45. The number of fused-ring (bicyclic) bond motifs is 1. The number of nitrogen functional groups attached to an aromatic ring is 1. The maximum atomic E-state index is 12.9. The van der Waals surface area contributed by atoms with Crippen LogP contribution in [0.15, 0.2) is 54.7 Å². The Morgan fingerprint density at radius 1 is 1.03 bits per heavy atom. The second kappa shape index (κ2) is 9.54. The zero-order chi connectivity index (χ0) is 23.5. The molecule has 1 saturated heterocycles. The van der Waals surface area contributed by atoms with E-state index in [0.717, 1.165) is 41.8 Å². The van der Waals surface area contributed by atoms with Crippen molar-refractivity contribution in [2.24, 2.45) is 0 Å². The summed E-state index contributed by atoms with van der Waals surface area (Å²) in [5, 5.41) is 6.53. The largest absolute Gasteiger partial charge is 0.382 e. The van der Waals surface area contributed by atoms with Gasteiger partial charge in [0.1, 0.15) is 0 Å². The third kappa shape index (κ3) is 4.59. The van der Waals surface area contributed by atoms with Crippen LogP contribution in [0.3, 0.4) is 0 Å². The maximum Gasteiger partial charge on any atom is 0.279 e. The lowest BCUT2D eigenvalue weighted by molar-refractivity contribution is 0.0766. The number of thiazole rings is 1. The summed E-state index contributed by atoms with van der Waals surface area (Å²) in [7, 11) is 0. The summed E-state index contributed by atoms with van der Waals surface area (Å²) in [6.45, 7) is 3.15. The molecule has 0 radical (unpaired) electrons. The average Bonchev–Trinajstić information content (AvgIpc) is 3.07. The molecule has 0 bridgehead atoms. The monoisotopic (exact) mass is 473 g/mol. The number of carbonyl (C=O) groups is 2. The van der Waals surface area contributed by atoms with Gasteiger partial charge in [-0.05, 0) is 37.2 Å². The molecule has 1 aliphatic heterocycles. The molecule has 0 atom stereocenters. The molecule has 34 heavy (non-hydrogen) atoms. The second-order valence-electron chi connectivity index (χ2n) is 7.90. The molecule has 2 amide bonds. The Morgan fingerprint density at radius 3 is 2.68 bits per heavy atom. The zero-order valence-electron chi connectivity index (χ0n) is 18.3. The fourth-order valence-corrected chi connectivity index (χ4v) is 4.66. The second-order valence-corrected chi connectivity index (χ2v) is 8.93. The molecule has 4 N–H and O–H groups in total. The van der Waals surface area contributed by atoms with Crippen LogP contribution in [-0.4, -0.2) is 57.8 Å². The van der Waals surface area contributed by atoms with E-state index >= 15 is 0 Å². The van der Waals surface area contributed by atoms with Crippen LogP contribution in [0.2, 0.25) is 0 Å². The van der Waals surface area contributed by atoms with E-state index in [-0.39, 0.29) is 17.4 Å². The Kier molecular flexibility index (Phi) is 6.15. The van der Waals surface area contributed by atoms with Crippen LogP contribution in [-0.2, 0) is 0 Å². The summed E-state index contributed by atoms with van der Waals surface area (Å²) in [6, 6.07) is 14.8. The van der Waals surface area contributed by atoms with E-state index in [2.05, 4.69) is 25.6 Å². The molecule has 0 saturated carbocycles. The number of benzene rings is 2. The summed E-state index contributed by atoms with van der Waals surface area (Å²) in [5.41, 5.74) is 8.61. The Morgan fingerprint density at radius 2 is 1.85 bits per heavy atom. The first-order valence-corrected chi connectivity index (χ1v) is 11.8. The number of amides is 2. The Bertz CT molecular complexity index is 1310. The van der Waals surface area contributed by atoms with Gasteiger partial charge in [-0.1, -0.05) is 35.6 Å². The Labute approximate surface area is 200 Å². The van der Waals surface area contributed by atoms with Crippen LogP contribution in [0, 0.1) is 0 Å². The molecule has 1 aliphatic rings. The lowest BCUT2D eigenvalue weighted by Crippen LogP contribution is -2.34. The molecule has 172 valence electrons. The number of rotatable bonds is 4. The van der Waals surface area contributed by atoms with Crippen LogP contribution < -0.4 is 16.4 Å². The number of carbonyl (C=O) groups excluding carboxylic acids is 2. The van der Waals surface area contributed by atoms with E-state index in [0.29, 0.717) is 22.9 Å². The minimum Gasteiger partial charge on any atom is -0.382 e. The van der Waals surface area contributed by atoms with E-state index in [1.807, 2.05) is 29.2 Å². The summed E-state index contributed by atoms with van der Waals surface area (Å²) in [5.74, 6) is -0.439. The highest BCUT2D eigenvalue weighted by Gasteiger charge is 2.19. The minimum atomic E-state index is -0.479. The van der Waals surface area contributed by atoms with Gasteiger partial charge in [0.15, 0.2) is 16.6 Å². The predicted molar refractivity (Wildman–Crippen MR) is 133 cm³/mol.